The Morgan fingerprint density at radius 2 is 1.94 bits per heavy atom. The van der Waals surface area contributed by atoms with Crippen LogP contribution in [0.25, 0.3) is 0 Å². The predicted molar refractivity (Wildman–Crippen MR) is 62.5 cm³/mol. The lowest BCUT2D eigenvalue weighted by molar-refractivity contribution is -0.0498. The highest BCUT2D eigenvalue weighted by Crippen LogP contribution is 2.38. The maximum absolute atomic E-state index is 12.0. The molecule has 94 valence electrons. The molecule has 0 unspecified atom stereocenters. The van der Waals surface area contributed by atoms with E-state index in [0.717, 1.165) is 13.1 Å². The van der Waals surface area contributed by atoms with Crippen LogP contribution in [-0.4, -0.2) is 19.7 Å². The molecule has 1 aromatic rings. The normalized spacial score (nSPS) is 23.0. The monoisotopic (exact) mass is 241 g/mol. The van der Waals surface area contributed by atoms with Crippen LogP contribution in [-0.2, 0) is 0 Å². The largest absolute Gasteiger partial charge is 0.435 e. The number of hydrogen-bond donors (Lipinski definition) is 1. The van der Waals surface area contributed by atoms with Gasteiger partial charge in [0.2, 0.25) is 0 Å². The molecular weight excluding hydrogens is 224 g/mol. The Bertz CT molecular complexity index is 376. The molecule has 1 N–H and O–H groups in total. The number of alkyl halides is 2. The van der Waals surface area contributed by atoms with E-state index in [1.165, 1.54) is 5.56 Å². The van der Waals surface area contributed by atoms with Crippen molar-refractivity contribution in [2.75, 3.05) is 13.1 Å². The third-order valence-corrected chi connectivity index (χ3v) is 3.38. The fraction of sp³-hybridized carbons (Fsp3) is 0.538. The Morgan fingerprint density at radius 1 is 1.29 bits per heavy atom. The molecule has 1 aliphatic rings. The first-order chi connectivity index (χ1) is 7.99. The maximum Gasteiger partial charge on any atom is 0.387 e. The Hall–Kier alpha value is -1.16. The average molecular weight is 241 g/mol. The van der Waals surface area contributed by atoms with E-state index in [1.807, 2.05) is 12.1 Å². The van der Waals surface area contributed by atoms with Crippen LogP contribution in [0.15, 0.2) is 24.3 Å². The number of hydrogen-bond acceptors (Lipinski definition) is 2. The second kappa shape index (κ2) is 4.61. The van der Waals surface area contributed by atoms with Gasteiger partial charge >= 0.3 is 6.61 Å². The lowest BCUT2D eigenvalue weighted by Gasteiger charge is -2.26. The van der Waals surface area contributed by atoms with Gasteiger partial charge in [0.25, 0.3) is 0 Å². The minimum Gasteiger partial charge on any atom is -0.435 e. The molecule has 0 bridgehead atoms. The summed E-state index contributed by atoms with van der Waals surface area (Å²) in [5.41, 5.74) is 1.37. The Labute approximate surface area is 100.0 Å². The fourth-order valence-electron chi connectivity index (χ4n) is 2.39. The molecule has 0 spiro atoms. The zero-order valence-corrected chi connectivity index (χ0v) is 10.0. The third-order valence-electron chi connectivity index (χ3n) is 3.38. The molecule has 0 saturated carbocycles. The van der Waals surface area contributed by atoms with Gasteiger partial charge in [0, 0.05) is 19.0 Å². The molecule has 2 nitrogen and oxygen atoms in total. The van der Waals surface area contributed by atoms with E-state index < -0.39 is 6.61 Å². The third kappa shape index (κ3) is 2.75. The van der Waals surface area contributed by atoms with E-state index in [2.05, 4.69) is 23.9 Å². The highest BCUT2D eigenvalue weighted by atomic mass is 19.3. The van der Waals surface area contributed by atoms with Gasteiger partial charge in [0.1, 0.15) is 5.75 Å². The van der Waals surface area contributed by atoms with Crippen molar-refractivity contribution in [2.24, 2.45) is 5.41 Å². The molecule has 17 heavy (non-hydrogen) atoms. The molecule has 1 fully saturated rings. The van der Waals surface area contributed by atoms with Crippen molar-refractivity contribution in [1.29, 1.82) is 0 Å². The SMILES string of the molecule is CC1(C)CNC[C@H]1c1ccc(OC(F)F)cc1. The number of halogens is 2. The molecule has 1 saturated heterocycles. The van der Waals surface area contributed by atoms with Gasteiger partial charge in [-0.05, 0) is 23.1 Å². The van der Waals surface area contributed by atoms with Crippen LogP contribution >= 0.6 is 0 Å². The Morgan fingerprint density at radius 3 is 2.41 bits per heavy atom. The van der Waals surface area contributed by atoms with Crippen molar-refractivity contribution < 1.29 is 13.5 Å². The summed E-state index contributed by atoms with van der Waals surface area (Å²) in [6.45, 7) is 3.57. The number of nitrogens with one attached hydrogen (secondary N) is 1. The van der Waals surface area contributed by atoms with E-state index >= 15 is 0 Å². The molecule has 1 aromatic carbocycles. The van der Waals surface area contributed by atoms with Crippen LogP contribution in [0.4, 0.5) is 8.78 Å². The first kappa shape index (κ1) is 12.3. The van der Waals surface area contributed by atoms with Crippen molar-refractivity contribution in [2.45, 2.75) is 26.4 Å². The van der Waals surface area contributed by atoms with Crippen molar-refractivity contribution in [3.05, 3.63) is 29.8 Å². The van der Waals surface area contributed by atoms with Crippen molar-refractivity contribution in [3.8, 4) is 5.75 Å². The second-order valence-corrected chi connectivity index (χ2v) is 5.12. The van der Waals surface area contributed by atoms with Crippen molar-refractivity contribution >= 4 is 0 Å². The number of ether oxygens (including phenoxy) is 1. The highest BCUT2D eigenvalue weighted by molar-refractivity contribution is 5.31. The molecule has 1 heterocycles. The van der Waals surface area contributed by atoms with Gasteiger partial charge in [0.05, 0.1) is 0 Å². The van der Waals surface area contributed by atoms with E-state index in [4.69, 9.17) is 0 Å². The molecule has 0 aliphatic carbocycles. The minimum absolute atomic E-state index is 0.199. The van der Waals surface area contributed by atoms with Gasteiger partial charge in [-0.3, -0.25) is 0 Å². The average Bonchev–Trinajstić information content (AvgIpc) is 2.58. The van der Waals surface area contributed by atoms with E-state index in [-0.39, 0.29) is 11.2 Å². The number of rotatable bonds is 3. The summed E-state index contributed by atoms with van der Waals surface area (Å²) in [5, 5.41) is 3.36. The van der Waals surface area contributed by atoms with Crippen LogP contribution < -0.4 is 10.1 Å². The standard InChI is InChI=1S/C13H17F2NO/c1-13(2)8-16-7-11(13)9-3-5-10(6-4-9)17-12(14)15/h3-6,11-12,16H,7-8H2,1-2H3/t11-/m0/s1. The molecule has 0 amide bonds. The summed E-state index contributed by atoms with van der Waals surface area (Å²) in [6, 6.07) is 6.96. The summed E-state index contributed by atoms with van der Waals surface area (Å²) >= 11 is 0. The smallest absolute Gasteiger partial charge is 0.387 e. The van der Waals surface area contributed by atoms with Gasteiger partial charge < -0.3 is 10.1 Å². The molecule has 4 heteroatoms. The van der Waals surface area contributed by atoms with Crippen LogP contribution in [0, 0.1) is 5.41 Å². The Balaban J connectivity index is 2.12. The second-order valence-electron chi connectivity index (χ2n) is 5.12. The summed E-state index contributed by atoms with van der Waals surface area (Å²) < 4.78 is 28.4. The van der Waals surface area contributed by atoms with E-state index in [9.17, 15) is 8.78 Å². The zero-order valence-electron chi connectivity index (χ0n) is 10.0. The van der Waals surface area contributed by atoms with E-state index in [0.29, 0.717) is 5.92 Å². The lowest BCUT2D eigenvalue weighted by atomic mass is 9.78. The zero-order chi connectivity index (χ0) is 12.5. The van der Waals surface area contributed by atoms with Crippen molar-refractivity contribution in [3.63, 3.8) is 0 Å². The van der Waals surface area contributed by atoms with Crippen LogP contribution in [0.5, 0.6) is 5.75 Å². The maximum atomic E-state index is 12.0. The molecule has 0 aromatic heterocycles. The fourth-order valence-corrected chi connectivity index (χ4v) is 2.39. The first-order valence-electron chi connectivity index (χ1n) is 5.74. The predicted octanol–water partition coefficient (Wildman–Crippen LogP) is 3.00. The van der Waals surface area contributed by atoms with E-state index in [1.54, 1.807) is 12.1 Å². The van der Waals surface area contributed by atoms with Gasteiger partial charge in [-0.2, -0.15) is 8.78 Å². The van der Waals surface area contributed by atoms with Gasteiger partial charge in [-0.25, -0.2) is 0 Å². The first-order valence-corrected chi connectivity index (χ1v) is 5.74. The Kier molecular flexibility index (Phi) is 3.33. The van der Waals surface area contributed by atoms with Gasteiger partial charge in [0.15, 0.2) is 0 Å². The van der Waals surface area contributed by atoms with Gasteiger partial charge in [-0.1, -0.05) is 26.0 Å². The summed E-state index contributed by atoms with van der Waals surface area (Å²) in [7, 11) is 0. The molecule has 2 rings (SSSR count). The van der Waals surface area contributed by atoms with Crippen LogP contribution in [0.2, 0.25) is 0 Å². The van der Waals surface area contributed by atoms with Crippen LogP contribution in [0.1, 0.15) is 25.3 Å². The minimum atomic E-state index is -2.76. The summed E-state index contributed by atoms with van der Waals surface area (Å²) in [5.74, 6) is 0.635. The topological polar surface area (TPSA) is 21.3 Å². The summed E-state index contributed by atoms with van der Waals surface area (Å²) in [6.07, 6.45) is 0. The number of benzene rings is 1. The van der Waals surface area contributed by atoms with Crippen molar-refractivity contribution in [1.82, 2.24) is 5.32 Å². The summed E-state index contributed by atoms with van der Waals surface area (Å²) in [4.78, 5) is 0. The van der Waals surface area contributed by atoms with Gasteiger partial charge in [-0.15, -0.1) is 0 Å². The quantitative estimate of drug-likeness (QED) is 0.878. The molecule has 1 aliphatic heterocycles. The molecule has 1 atom stereocenters. The highest BCUT2D eigenvalue weighted by Gasteiger charge is 2.35. The lowest BCUT2D eigenvalue weighted by Crippen LogP contribution is -2.20. The molecular formula is C13H17F2NO. The van der Waals surface area contributed by atoms with Crippen LogP contribution in [0.3, 0.4) is 0 Å². The molecule has 0 radical (unpaired) electrons.